The number of hydrogen-bond donors (Lipinski definition) is 0. The van der Waals surface area contributed by atoms with E-state index in [4.69, 9.17) is 11.6 Å². The van der Waals surface area contributed by atoms with Crippen molar-refractivity contribution in [3.8, 4) is 0 Å². The Balaban J connectivity index is 1.84. The van der Waals surface area contributed by atoms with Crippen LogP contribution >= 0.6 is 22.9 Å². The maximum Gasteiger partial charge on any atom is 0.264 e. The van der Waals surface area contributed by atoms with Crippen LogP contribution in [0.2, 0.25) is 4.34 Å². The number of nitrogens with zero attached hydrogens (tertiary/aromatic N) is 2. The second-order valence-corrected chi connectivity index (χ2v) is 9.44. The van der Waals surface area contributed by atoms with Gasteiger partial charge in [-0.3, -0.25) is 4.79 Å². The zero-order valence-electron chi connectivity index (χ0n) is 11.7. The summed E-state index contributed by atoms with van der Waals surface area (Å²) >= 11 is 7.17. The van der Waals surface area contributed by atoms with Gasteiger partial charge >= 0.3 is 0 Å². The van der Waals surface area contributed by atoms with Crippen LogP contribution in [-0.2, 0) is 10.0 Å². The minimum atomic E-state index is -3.21. The van der Waals surface area contributed by atoms with Gasteiger partial charge in [0.05, 0.1) is 15.5 Å². The number of piperidine rings is 1. The summed E-state index contributed by atoms with van der Waals surface area (Å²) in [4.78, 5) is 15.1. The Bertz CT molecular complexity index is 658. The predicted octanol–water partition coefficient (Wildman–Crippen LogP) is 1.90. The average molecular weight is 349 g/mol. The summed E-state index contributed by atoms with van der Waals surface area (Å²) in [7, 11) is -3.21. The highest BCUT2D eigenvalue weighted by molar-refractivity contribution is 7.88. The molecule has 0 spiro atoms. The van der Waals surface area contributed by atoms with Gasteiger partial charge in [-0.25, -0.2) is 8.42 Å². The van der Waals surface area contributed by atoms with Gasteiger partial charge in [-0.1, -0.05) is 11.6 Å². The molecule has 3 fully saturated rings. The van der Waals surface area contributed by atoms with E-state index in [1.165, 1.54) is 21.9 Å². The van der Waals surface area contributed by atoms with E-state index >= 15 is 0 Å². The monoisotopic (exact) mass is 348 g/mol. The lowest BCUT2D eigenvalue weighted by Gasteiger charge is -2.35. The van der Waals surface area contributed by atoms with E-state index in [1.54, 1.807) is 12.1 Å². The summed E-state index contributed by atoms with van der Waals surface area (Å²) in [5.74, 6) is 0.190. The standard InChI is InChI=1S/C13H17ClN2O3S2/c1-21(18,19)15-6-9-2-3-10(8-15)16(7-9)13(17)11-4-5-12(14)20-11/h4-5,9-10H,2-3,6-8H2,1H3/t9-,10+/m0/s1. The Labute approximate surface area is 133 Å². The van der Waals surface area contributed by atoms with Gasteiger partial charge in [0.2, 0.25) is 10.0 Å². The van der Waals surface area contributed by atoms with E-state index in [1.807, 2.05) is 4.90 Å². The molecular formula is C13H17ClN2O3S2. The van der Waals surface area contributed by atoms with Gasteiger partial charge in [-0.05, 0) is 30.9 Å². The Kier molecular flexibility index (Phi) is 4.02. The second-order valence-electron chi connectivity index (χ2n) is 5.74. The molecule has 3 aliphatic heterocycles. The Hall–Kier alpha value is -0.630. The molecule has 1 amide bonds. The molecule has 0 unspecified atom stereocenters. The second kappa shape index (κ2) is 5.53. The van der Waals surface area contributed by atoms with Crippen LogP contribution in [0, 0.1) is 5.92 Å². The first-order valence-electron chi connectivity index (χ1n) is 6.86. The Morgan fingerprint density at radius 3 is 2.67 bits per heavy atom. The van der Waals surface area contributed by atoms with Crippen molar-refractivity contribution in [3.63, 3.8) is 0 Å². The predicted molar refractivity (Wildman–Crippen MR) is 83.3 cm³/mol. The van der Waals surface area contributed by atoms with E-state index in [2.05, 4.69) is 0 Å². The SMILES string of the molecule is CS(=O)(=O)N1C[C@@H]2CC[C@H](C1)N(C(=O)c1ccc(Cl)s1)C2. The summed E-state index contributed by atoms with van der Waals surface area (Å²) < 4.78 is 25.7. The first kappa shape index (κ1) is 15.3. The highest BCUT2D eigenvalue weighted by Crippen LogP contribution is 2.32. The van der Waals surface area contributed by atoms with Crippen LogP contribution in [0.25, 0.3) is 0 Å². The molecule has 0 N–H and O–H groups in total. The number of carbonyl (C=O) groups excluding carboxylic acids is 1. The van der Waals surface area contributed by atoms with Gasteiger partial charge in [0.25, 0.3) is 5.91 Å². The van der Waals surface area contributed by atoms with Crippen molar-refractivity contribution < 1.29 is 13.2 Å². The fourth-order valence-corrected chi connectivity index (χ4v) is 5.05. The lowest BCUT2D eigenvalue weighted by Crippen LogP contribution is -2.47. The molecule has 2 bridgehead atoms. The van der Waals surface area contributed by atoms with Crippen molar-refractivity contribution in [2.24, 2.45) is 5.92 Å². The number of halogens is 1. The van der Waals surface area contributed by atoms with Crippen LogP contribution in [0.5, 0.6) is 0 Å². The lowest BCUT2D eigenvalue weighted by molar-refractivity contribution is 0.0594. The van der Waals surface area contributed by atoms with Crippen LogP contribution in [0.3, 0.4) is 0 Å². The first-order chi connectivity index (χ1) is 9.84. The van der Waals surface area contributed by atoms with Gasteiger partial charge in [0, 0.05) is 25.7 Å². The highest BCUT2D eigenvalue weighted by Gasteiger charge is 2.40. The van der Waals surface area contributed by atoms with Crippen molar-refractivity contribution in [3.05, 3.63) is 21.3 Å². The minimum absolute atomic E-state index is 0.0306. The van der Waals surface area contributed by atoms with Crippen LogP contribution in [0.4, 0.5) is 0 Å². The number of carbonyl (C=O) groups is 1. The number of rotatable bonds is 2. The van der Waals surface area contributed by atoms with Crippen molar-refractivity contribution in [2.45, 2.75) is 18.9 Å². The number of fused-ring (bicyclic) bond motifs is 4. The maximum absolute atomic E-state index is 12.6. The molecule has 1 aromatic heterocycles. The van der Waals surface area contributed by atoms with Crippen molar-refractivity contribution in [2.75, 3.05) is 25.9 Å². The largest absolute Gasteiger partial charge is 0.333 e. The highest BCUT2D eigenvalue weighted by atomic mass is 35.5. The maximum atomic E-state index is 12.6. The minimum Gasteiger partial charge on any atom is -0.333 e. The van der Waals surface area contributed by atoms with Crippen molar-refractivity contribution in [1.29, 1.82) is 0 Å². The average Bonchev–Trinajstić information content (AvgIpc) is 2.64. The molecule has 21 heavy (non-hydrogen) atoms. The molecular weight excluding hydrogens is 332 g/mol. The van der Waals surface area contributed by atoms with E-state index in [-0.39, 0.29) is 17.9 Å². The number of hydrogen-bond acceptors (Lipinski definition) is 4. The van der Waals surface area contributed by atoms with E-state index < -0.39 is 10.0 Å². The third-order valence-corrected chi connectivity index (χ3v) is 6.65. The summed E-state index contributed by atoms with van der Waals surface area (Å²) in [6, 6.07) is 3.42. The van der Waals surface area contributed by atoms with Crippen LogP contribution in [-0.4, -0.2) is 55.5 Å². The van der Waals surface area contributed by atoms with E-state index in [0.29, 0.717) is 28.8 Å². The Morgan fingerprint density at radius 2 is 2.05 bits per heavy atom. The van der Waals surface area contributed by atoms with Crippen LogP contribution < -0.4 is 0 Å². The molecule has 4 rings (SSSR count). The topological polar surface area (TPSA) is 57.7 Å². The quantitative estimate of drug-likeness (QED) is 0.820. The molecule has 3 aliphatic rings. The molecule has 0 aliphatic carbocycles. The summed E-state index contributed by atoms with van der Waals surface area (Å²) in [5, 5.41) is 0. The van der Waals surface area contributed by atoms with Gasteiger partial charge in [-0.2, -0.15) is 4.31 Å². The third kappa shape index (κ3) is 3.11. The molecule has 5 nitrogen and oxygen atoms in total. The van der Waals surface area contributed by atoms with Gasteiger partial charge < -0.3 is 4.90 Å². The van der Waals surface area contributed by atoms with Gasteiger partial charge in [0.15, 0.2) is 0 Å². The fraction of sp³-hybridized carbons (Fsp3) is 0.615. The molecule has 0 radical (unpaired) electrons. The number of amides is 1. The normalized spacial score (nSPS) is 26.9. The zero-order chi connectivity index (χ0) is 15.2. The molecule has 2 atom stereocenters. The smallest absolute Gasteiger partial charge is 0.264 e. The van der Waals surface area contributed by atoms with E-state index in [0.717, 1.165) is 12.8 Å². The fourth-order valence-electron chi connectivity index (χ4n) is 3.13. The number of sulfonamides is 1. The molecule has 0 saturated carbocycles. The van der Waals surface area contributed by atoms with Crippen molar-refractivity contribution >= 4 is 38.9 Å². The van der Waals surface area contributed by atoms with Crippen molar-refractivity contribution in [1.82, 2.24) is 9.21 Å². The van der Waals surface area contributed by atoms with Crippen LogP contribution in [0.15, 0.2) is 12.1 Å². The summed E-state index contributed by atoms with van der Waals surface area (Å²) in [6.45, 7) is 1.55. The summed E-state index contributed by atoms with van der Waals surface area (Å²) in [6.07, 6.45) is 3.08. The molecule has 8 heteroatoms. The van der Waals surface area contributed by atoms with Gasteiger partial charge in [-0.15, -0.1) is 11.3 Å². The Morgan fingerprint density at radius 1 is 1.29 bits per heavy atom. The molecule has 0 aromatic carbocycles. The first-order valence-corrected chi connectivity index (χ1v) is 9.90. The van der Waals surface area contributed by atoms with Crippen LogP contribution in [0.1, 0.15) is 22.5 Å². The molecule has 3 saturated heterocycles. The molecule has 116 valence electrons. The molecule has 4 heterocycles. The third-order valence-electron chi connectivity index (χ3n) is 4.19. The lowest BCUT2D eigenvalue weighted by atomic mass is 9.95. The van der Waals surface area contributed by atoms with E-state index in [9.17, 15) is 13.2 Å². The summed E-state index contributed by atoms with van der Waals surface area (Å²) in [5.41, 5.74) is 0. The molecule has 1 aromatic rings. The number of thiophene rings is 1. The zero-order valence-corrected chi connectivity index (χ0v) is 14.0. The van der Waals surface area contributed by atoms with Gasteiger partial charge in [0.1, 0.15) is 0 Å².